The SMILES string of the molecule is CCOC(=O)CCCBr.CCOC(=O)CCCOc1cc(=O)n(C2CC2)c2c(C)c(N3CC[C@@H]([C@H](C)NC(=O)OC(C)(C)C)C3)c(F)cc12.Cc1c(N2CC[C@@H]([C@H](C)NC(=O)OC(C)(C)C)C2)c(F)cc2c(O)cc(=O)n(C3CC3)c12. The molecule has 0 spiro atoms. The third-order valence-corrected chi connectivity index (χ3v) is 15.2. The second kappa shape index (κ2) is 27.8. The molecule has 3 N–H and O–H groups in total. The number of esters is 2. The molecule has 2 saturated carbocycles. The first-order chi connectivity index (χ1) is 38.2. The normalized spacial score (nSPS) is 17.8. The van der Waals surface area contributed by atoms with E-state index < -0.39 is 29.2 Å². The van der Waals surface area contributed by atoms with E-state index in [1.807, 2.05) is 86.0 Å². The molecule has 0 unspecified atom stereocenters. The lowest BCUT2D eigenvalue weighted by atomic mass is 10.0. The highest BCUT2D eigenvalue weighted by Gasteiger charge is 2.36. The van der Waals surface area contributed by atoms with Gasteiger partial charge in [0.2, 0.25) is 0 Å². The van der Waals surface area contributed by atoms with Crippen LogP contribution in [0.2, 0.25) is 0 Å². The highest BCUT2D eigenvalue weighted by molar-refractivity contribution is 9.09. The van der Waals surface area contributed by atoms with Gasteiger partial charge in [0.1, 0.15) is 34.3 Å². The summed E-state index contributed by atoms with van der Waals surface area (Å²) in [4.78, 5) is 76.5. The summed E-state index contributed by atoms with van der Waals surface area (Å²) in [5.74, 6) is -0.819. The number of nitrogens with one attached hydrogen (secondary N) is 2. The first kappa shape index (κ1) is 64.1. The van der Waals surface area contributed by atoms with Crippen molar-refractivity contribution in [1.29, 1.82) is 0 Å². The Labute approximate surface area is 482 Å². The number of nitrogens with zero attached hydrogens (tertiary/aromatic N) is 4. The van der Waals surface area contributed by atoms with Gasteiger partial charge in [0, 0.05) is 91.4 Å². The van der Waals surface area contributed by atoms with Crippen molar-refractivity contribution in [2.24, 2.45) is 11.8 Å². The maximum atomic E-state index is 15.8. The molecule has 4 aliphatic rings. The monoisotopic (exact) mass is 1200 g/mol. The van der Waals surface area contributed by atoms with Crippen molar-refractivity contribution in [2.45, 2.75) is 183 Å². The predicted molar refractivity (Wildman–Crippen MR) is 313 cm³/mol. The molecule has 4 heterocycles. The Morgan fingerprint density at radius 3 is 1.51 bits per heavy atom. The van der Waals surface area contributed by atoms with E-state index in [0.29, 0.717) is 102 Å². The van der Waals surface area contributed by atoms with Crippen LogP contribution >= 0.6 is 15.9 Å². The van der Waals surface area contributed by atoms with Gasteiger partial charge >= 0.3 is 24.1 Å². The molecular weight excluding hydrogens is 1110 g/mol. The topological polar surface area (TPSA) is 209 Å². The molecule has 2 saturated heterocycles. The van der Waals surface area contributed by atoms with E-state index in [2.05, 4.69) is 31.3 Å². The Kier molecular flexibility index (Phi) is 22.0. The van der Waals surface area contributed by atoms with Crippen LogP contribution in [0.5, 0.6) is 11.5 Å². The van der Waals surface area contributed by atoms with Crippen molar-refractivity contribution in [3.8, 4) is 11.5 Å². The number of aromatic hydroxyl groups is 1. The highest BCUT2D eigenvalue weighted by Crippen LogP contribution is 2.44. The number of halogens is 3. The van der Waals surface area contributed by atoms with E-state index in [0.717, 1.165) is 50.3 Å². The Morgan fingerprint density at radius 2 is 1.09 bits per heavy atom. The lowest BCUT2D eigenvalue weighted by Crippen LogP contribution is -2.42. The molecule has 18 nitrogen and oxygen atoms in total. The molecule has 2 aromatic carbocycles. The molecule has 4 atom stereocenters. The summed E-state index contributed by atoms with van der Waals surface area (Å²) >= 11 is 3.22. The number of aromatic nitrogens is 2. The van der Waals surface area contributed by atoms with Gasteiger partial charge in [-0.2, -0.15) is 0 Å². The molecule has 2 amide bonds. The van der Waals surface area contributed by atoms with E-state index in [1.54, 1.807) is 16.1 Å². The van der Waals surface area contributed by atoms with Crippen molar-refractivity contribution >= 4 is 73.2 Å². The molecule has 2 aromatic heterocycles. The maximum Gasteiger partial charge on any atom is 0.407 e. The minimum absolute atomic E-state index is 0.0919. The number of anilines is 2. The van der Waals surface area contributed by atoms with Crippen LogP contribution in [-0.2, 0) is 28.5 Å². The van der Waals surface area contributed by atoms with Gasteiger partial charge in [0.15, 0.2) is 0 Å². The first-order valence-electron chi connectivity index (χ1n) is 28.6. The van der Waals surface area contributed by atoms with Crippen LogP contribution in [0, 0.1) is 37.3 Å². The number of alkyl carbamates (subject to hydrolysis) is 2. The second-order valence-electron chi connectivity index (χ2n) is 23.6. The Balaban J connectivity index is 0.000000230. The van der Waals surface area contributed by atoms with Crippen molar-refractivity contribution < 1.29 is 56.7 Å². The molecule has 21 heteroatoms. The minimum Gasteiger partial charge on any atom is -0.507 e. The maximum absolute atomic E-state index is 15.8. The van der Waals surface area contributed by atoms with Crippen LogP contribution in [0.3, 0.4) is 0 Å². The fourth-order valence-electron chi connectivity index (χ4n) is 10.6. The number of ether oxygens (including phenoxy) is 5. The summed E-state index contributed by atoms with van der Waals surface area (Å²) in [7, 11) is 0. The molecule has 4 fully saturated rings. The largest absolute Gasteiger partial charge is 0.507 e. The van der Waals surface area contributed by atoms with Crippen molar-refractivity contribution in [1.82, 2.24) is 19.8 Å². The molecule has 2 aliphatic heterocycles. The molecule has 4 aromatic rings. The summed E-state index contributed by atoms with van der Waals surface area (Å²) < 4.78 is 60.9. The third kappa shape index (κ3) is 17.2. The van der Waals surface area contributed by atoms with Gasteiger partial charge in [0.25, 0.3) is 11.1 Å². The van der Waals surface area contributed by atoms with Gasteiger partial charge in [-0.3, -0.25) is 19.2 Å². The summed E-state index contributed by atoms with van der Waals surface area (Å²) in [5.41, 5.74) is 2.01. The van der Waals surface area contributed by atoms with Gasteiger partial charge in [0.05, 0.1) is 42.2 Å². The van der Waals surface area contributed by atoms with E-state index in [4.69, 9.17) is 18.9 Å². The fourth-order valence-corrected chi connectivity index (χ4v) is 10.9. The minimum atomic E-state index is -0.586. The molecule has 8 rings (SSSR count). The lowest BCUT2D eigenvalue weighted by molar-refractivity contribution is -0.144. The lowest BCUT2D eigenvalue weighted by Gasteiger charge is -2.27. The van der Waals surface area contributed by atoms with Crippen LogP contribution in [0.15, 0.2) is 33.9 Å². The van der Waals surface area contributed by atoms with E-state index in [1.165, 1.54) is 24.3 Å². The quantitative estimate of drug-likeness (QED) is 0.0366. The van der Waals surface area contributed by atoms with Crippen LogP contribution in [0.1, 0.15) is 157 Å². The molecule has 448 valence electrons. The first-order valence-corrected chi connectivity index (χ1v) is 29.7. The van der Waals surface area contributed by atoms with Crippen LogP contribution in [0.25, 0.3) is 21.8 Å². The number of benzene rings is 2. The standard InChI is InChI=1S/C30H42FN3O6.C24H32FN3O4.C6H11BrO2/c1-7-38-26(36)9-8-14-39-24-16-25(35)34(21-10-11-21)27-18(2)28(23(31)15-22(24)27)33-13-12-20(17-33)19(3)32-29(37)40-30(4,5)6;1-13-21-17(19(29)11-20(30)28(21)16-6-7-16)10-18(25)22(13)27-9-8-15(12-27)14(2)26-23(31)32-24(3,4)5;1-2-9-6(8)4-3-5-7/h15-16,19-21H,7-14,17H2,1-6H3,(H,32,37);10-11,14-16,29H,6-9,12H2,1-5H3,(H,26,31);2-5H2,1H3/t19-,20+;14-,15+;/m00./s1. The zero-order valence-corrected chi connectivity index (χ0v) is 50.9. The predicted octanol–water partition coefficient (Wildman–Crippen LogP) is 11.2. The van der Waals surface area contributed by atoms with Gasteiger partial charge < -0.3 is 58.4 Å². The fraction of sp³-hybridized carbons (Fsp3) is 0.633. The number of carbonyl (C=O) groups is 4. The van der Waals surface area contributed by atoms with E-state index in [9.17, 15) is 33.9 Å². The number of alkyl halides is 1. The summed E-state index contributed by atoms with van der Waals surface area (Å²) in [6.07, 6.45) is 6.30. The third-order valence-electron chi connectivity index (χ3n) is 14.7. The average molecular weight is 1200 g/mol. The van der Waals surface area contributed by atoms with Crippen LogP contribution < -0.4 is 36.3 Å². The zero-order valence-electron chi connectivity index (χ0n) is 49.4. The van der Waals surface area contributed by atoms with E-state index in [-0.39, 0.29) is 83.7 Å². The van der Waals surface area contributed by atoms with Gasteiger partial charge in [-0.1, -0.05) is 15.9 Å². The molecule has 81 heavy (non-hydrogen) atoms. The van der Waals surface area contributed by atoms with E-state index >= 15 is 8.78 Å². The number of pyridine rings is 2. The van der Waals surface area contributed by atoms with Crippen molar-refractivity contribution in [3.05, 3.63) is 67.7 Å². The van der Waals surface area contributed by atoms with Gasteiger partial charge in [-0.15, -0.1) is 0 Å². The Bertz CT molecular complexity index is 3020. The Morgan fingerprint density at radius 1 is 0.667 bits per heavy atom. The van der Waals surface area contributed by atoms with Gasteiger partial charge in [-0.05, 0) is 170 Å². The van der Waals surface area contributed by atoms with Crippen molar-refractivity contribution in [3.63, 3.8) is 0 Å². The summed E-state index contributed by atoms with van der Waals surface area (Å²) in [5, 5.41) is 17.9. The van der Waals surface area contributed by atoms with Crippen LogP contribution in [-0.4, -0.2) is 113 Å². The second-order valence-corrected chi connectivity index (χ2v) is 24.4. The molecule has 0 bridgehead atoms. The average Bonchev–Trinajstić information content (AvgIpc) is 4.47. The number of carbonyl (C=O) groups excluding carboxylic acids is 4. The summed E-state index contributed by atoms with van der Waals surface area (Å²) in [6, 6.07) is 5.32. The number of aryl methyl sites for hydroxylation is 2. The number of fused-ring (bicyclic) bond motifs is 2. The summed E-state index contributed by atoms with van der Waals surface area (Å²) in [6.45, 7) is 25.5. The molecule has 2 aliphatic carbocycles. The number of hydrogen-bond acceptors (Lipinski definition) is 14. The number of rotatable bonds is 18. The highest BCUT2D eigenvalue weighted by atomic mass is 79.9. The molecule has 0 radical (unpaired) electrons. The smallest absolute Gasteiger partial charge is 0.407 e. The molecular formula is C60H85BrF2N6O12. The van der Waals surface area contributed by atoms with Gasteiger partial charge in [-0.25, -0.2) is 18.4 Å². The Hall–Kier alpha value is -6.12. The number of amides is 2. The van der Waals surface area contributed by atoms with Crippen molar-refractivity contribution in [2.75, 3.05) is 61.1 Å². The zero-order chi connectivity index (χ0) is 59.7. The van der Waals surface area contributed by atoms with Crippen LogP contribution in [0.4, 0.5) is 29.7 Å². The number of hydrogen-bond donors (Lipinski definition) is 3.